The SMILES string of the molecule is C=CCNC(=O)C(=O)N/N=C/c1cccs1. The van der Waals surface area contributed by atoms with Crippen molar-refractivity contribution in [2.45, 2.75) is 0 Å². The number of thiophene rings is 1. The highest BCUT2D eigenvalue weighted by Crippen LogP contribution is 2.03. The van der Waals surface area contributed by atoms with E-state index in [4.69, 9.17) is 0 Å². The second-order valence-electron chi connectivity index (χ2n) is 2.71. The van der Waals surface area contributed by atoms with Crippen LogP contribution < -0.4 is 10.7 Å². The van der Waals surface area contributed by atoms with E-state index in [1.807, 2.05) is 17.5 Å². The molecule has 5 nitrogen and oxygen atoms in total. The maximum atomic E-state index is 11.1. The van der Waals surface area contributed by atoms with Gasteiger partial charge in [0.1, 0.15) is 0 Å². The van der Waals surface area contributed by atoms with Gasteiger partial charge in [0.15, 0.2) is 0 Å². The summed E-state index contributed by atoms with van der Waals surface area (Å²) >= 11 is 1.48. The van der Waals surface area contributed by atoms with Gasteiger partial charge in [-0.1, -0.05) is 12.1 Å². The topological polar surface area (TPSA) is 70.6 Å². The van der Waals surface area contributed by atoms with E-state index in [0.29, 0.717) is 0 Å². The number of carbonyl (C=O) groups is 2. The van der Waals surface area contributed by atoms with Crippen molar-refractivity contribution >= 4 is 29.4 Å². The molecular formula is C10H11N3O2S. The van der Waals surface area contributed by atoms with E-state index in [2.05, 4.69) is 22.4 Å². The van der Waals surface area contributed by atoms with Gasteiger partial charge in [-0.15, -0.1) is 17.9 Å². The zero-order valence-electron chi connectivity index (χ0n) is 8.47. The molecule has 2 amide bonds. The lowest BCUT2D eigenvalue weighted by molar-refractivity contribution is -0.139. The minimum atomic E-state index is -0.797. The van der Waals surface area contributed by atoms with Crippen LogP contribution in [0.4, 0.5) is 0 Å². The Labute approximate surface area is 96.9 Å². The molecule has 0 spiro atoms. The second-order valence-corrected chi connectivity index (χ2v) is 3.69. The summed E-state index contributed by atoms with van der Waals surface area (Å²) < 4.78 is 0. The second kappa shape index (κ2) is 6.52. The predicted molar refractivity (Wildman–Crippen MR) is 63.3 cm³/mol. The summed E-state index contributed by atoms with van der Waals surface area (Å²) in [4.78, 5) is 23.1. The first kappa shape index (κ1) is 12.1. The first-order chi connectivity index (χ1) is 7.74. The van der Waals surface area contributed by atoms with Crippen LogP contribution in [0.5, 0.6) is 0 Å². The fourth-order valence-electron chi connectivity index (χ4n) is 0.815. The molecular weight excluding hydrogens is 226 g/mol. The van der Waals surface area contributed by atoms with Crippen molar-refractivity contribution in [2.24, 2.45) is 5.10 Å². The van der Waals surface area contributed by atoms with Gasteiger partial charge in [0.05, 0.1) is 6.21 Å². The maximum Gasteiger partial charge on any atom is 0.329 e. The third-order valence-corrected chi connectivity index (χ3v) is 2.32. The van der Waals surface area contributed by atoms with Crippen molar-refractivity contribution < 1.29 is 9.59 Å². The number of hydrogen-bond acceptors (Lipinski definition) is 4. The van der Waals surface area contributed by atoms with Gasteiger partial charge in [0, 0.05) is 11.4 Å². The number of amides is 2. The highest BCUT2D eigenvalue weighted by molar-refractivity contribution is 7.11. The van der Waals surface area contributed by atoms with Gasteiger partial charge < -0.3 is 5.32 Å². The van der Waals surface area contributed by atoms with Crippen LogP contribution in [0.25, 0.3) is 0 Å². The summed E-state index contributed by atoms with van der Waals surface area (Å²) in [6, 6.07) is 3.71. The standard InChI is InChI=1S/C10H11N3O2S/c1-2-5-11-9(14)10(15)13-12-7-8-4-3-6-16-8/h2-4,6-7H,1,5H2,(H,11,14)(H,13,15)/b12-7+. The molecule has 0 fully saturated rings. The number of hydrogen-bond donors (Lipinski definition) is 2. The lowest BCUT2D eigenvalue weighted by Gasteiger charge is -1.99. The van der Waals surface area contributed by atoms with Crippen molar-refractivity contribution in [1.29, 1.82) is 0 Å². The van der Waals surface area contributed by atoms with Crippen molar-refractivity contribution in [3.63, 3.8) is 0 Å². The Kier molecular flexibility index (Phi) is 4.94. The van der Waals surface area contributed by atoms with E-state index in [1.165, 1.54) is 23.6 Å². The van der Waals surface area contributed by atoms with Crippen LogP contribution in [-0.4, -0.2) is 24.6 Å². The molecule has 0 saturated heterocycles. The molecule has 0 radical (unpaired) electrons. The van der Waals surface area contributed by atoms with Gasteiger partial charge >= 0.3 is 11.8 Å². The fourth-order valence-corrected chi connectivity index (χ4v) is 1.40. The van der Waals surface area contributed by atoms with E-state index in [1.54, 1.807) is 0 Å². The molecule has 0 saturated carbocycles. The fraction of sp³-hybridized carbons (Fsp3) is 0.100. The molecule has 0 aliphatic rings. The molecule has 6 heteroatoms. The molecule has 0 aromatic carbocycles. The van der Waals surface area contributed by atoms with Gasteiger partial charge in [-0.25, -0.2) is 5.43 Å². The molecule has 16 heavy (non-hydrogen) atoms. The van der Waals surface area contributed by atoms with Crippen LogP contribution in [-0.2, 0) is 9.59 Å². The van der Waals surface area contributed by atoms with E-state index in [-0.39, 0.29) is 6.54 Å². The Morgan fingerprint density at radius 2 is 2.31 bits per heavy atom. The average Bonchev–Trinajstić information content (AvgIpc) is 2.78. The summed E-state index contributed by atoms with van der Waals surface area (Å²) in [7, 11) is 0. The lowest BCUT2D eigenvalue weighted by Crippen LogP contribution is -2.37. The first-order valence-corrected chi connectivity index (χ1v) is 5.37. The van der Waals surface area contributed by atoms with Crippen molar-refractivity contribution in [2.75, 3.05) is 6.54 Å². The Balaban J connectivity index is 2.34. The largest absolute Gasteiger partial charge is 0.344 e. The van der Waals surface area contributed by atoms with Gasteiger partial charge in [-0.2, -0.15) is 5.10 Å². The highest BCUT2D eigenvalue weighted by Gasteiger charge is 2.10. The molecule has 84 valence electrons. The van der Waals surface area contributed by atoms with E-state index in [9.17, 15) is 9.59 Å². The van der Waals surface area contributed by atoms with Crippen molar-refractivity contribution in [3.05, 3.63) is 35.0 Å². The summed E-state index contributed by atoms with van der Waals surface area (Å²) in [5.41, 5.74) is 2.12. The molecule has 0 unspecified atom stereocenters. The monoisotopic (exact) mass is 237 g/mol. The number of nitrogens with zero attached hydrogens (tertiary/aromatic N) is 1. The zero-order valence-corrected chi connectivity index (χ0v) is 9.29. The Morgan fingerprint density at radius 1 is 1.50 bits per heavy atom. The zero-order chi connectivity index (χ0) is 11.8. The predicted octanol–water partition coefficient (Wildman–Crippen LogP) is 0.500. The van der Waals surface area contributed by atoms with Gasteiger partial charge in [0.25, 0.3) is 0 Å². The minimum Gasteiger partial charge on any atom is -0.344 e. The summed E-state index contributed by atoms with van der Waals surface area (Å²) in [5, 5.41) is 7.87. The molecule has 1 aromatic heterocycles. The van der Waals surface area contributed by atoms with Crippen molar-refractivity contribution in [1.82, 2.24) is 10.7 Å². The third-order valence-electron chi connectivity index (χ3n) is 1.51. The smallest absolute Gasteiger partial charge is 0.329 e. The molecule has 0 aliphatic heterocycles. The maximum absolute atomic E-state index is 11.1. The average molecular weight is 237 g/mol. The van der Waals surface area contributed by atoms with Crippen LogP contribution in [0.2, 0.25) is 0 Å². The minimum absolute atomic E-state index is 0.251. The summed E-state index contributed by atoms with van der Waals surface area (Å²) in [6.45, 7) is 3.66. The normalized spacial score (nSPS) is 10.0. The van der Waals surface area contributed by atoms with E-state index < -0.39 is 11.8 Å². The van der Waals surface area contributed by atoms with Crippen molar-refractivity contribution in [3.8, 4) is 0 Å². The Hall–Kier alpha value is -1.95. The van der Waals surface area contributed by atoms with Gasteiger partial charge in [-0.05, 0) is 11.4 Å². The molecule has 0 atom stereocenters. The molecule has 2 N–H and O–H groups in total. The molecule has 1 aromatic rings. The van der Waals surface area contributed by atoms with E-state index >= 15 is 0 Å². The highest BCUT2D eigenvalue weighted by atomic mass is 32.1. The number of nitrogens with one attached hydrogen (secondary N) is 2. The van der Waals surface area contributed by atoms with E-state index in [0.717, 1.165) is 4.88 Å². The molecule has 1 heterocycles. The Morgan fingerprint density at radius 3 is 2.94 bits per heavy atom. The molecule has 1 rings (SSSR count). The number of rotatable bonds is 4. The van der Waals surface area contributed by atoms with Gasteiger partial charge in [0.2, 0.25) is 0 Å². The molecule has 0 aliphatic carbocycles. The number of carbonyl (C=O) groups excluding carboxylic acids is 2. The summed E-state index contributed by atoms with van der Waals surface area (Å²) in [5.74, 6) is -1.53. The lowest BCUT2D eigenvalue weighted by atomic mass is 10.5. The quantitative estimate of drug-likeness (QED) is 0.346. The van der Waals surface area contributed by atoms with Crippen LogP contribution in [0.15, 0.2) is 35.3 Å². The van der Waals surface area contributed by atoms with Crippen LogP contribution in [0.1, 0.15) is 4.88 Å². The third kappa shape index (κ3) is 4.05. The summed E-state index contributed by atoms with van der Waals surface area (Å²) in [6.07, 6.45) is 2.96. The van der Waals surface area contributed by atoms with Crippen LogP contribution in [0.3, 0.4) is 0 Å². The molecule has 0 bridgehead atoms. The first-order valence-electron chi connectivity index (χ1n) is 4.49. The van der Waals surface area contributed by atoms with Crippen LogP contribution in [0, 0.1) is 0 Å². The van der Waals surface area contributed by atoms with Crippen LogP contribution >= 0.6 is 11.3 Å². The Bertz CT molecular complexity index is 398. The van der Waals surface area contributed by atoms with Gasteiger partial charge in [-0.3, -0.25) is 9.59 Å². The number of hydrazone groups is 1.